The number of carbonyl (C=O) groups is 2. The number of halogens is 1. The SMILES string of the molecule is CCC(C)NC(=O)c1ccc2c(=O)n(C)c3nn(CC(=O)c4ccc(Cl)cc4)c(=O)n3c2c1. The van der Waals surface area contributed by atoms with Gasteiger partial charge in [-0.05, 0) is 55.8 Å². The number of hydrogen-bond acceptors (Lipinski definition) is 5. The van der Waals surface area contributed by atoms with Crippen LogP contribution < -0.4 is 16.6 Å². The van der Waals surface area contributed by atoms with Crippen LogP contribution in [0.3, 0.4) is 0 Å². The Morgan fingerprint density at radius 1 is 1.09 bits per heavy atom. The molecule has 10 heteroatoms. The van der Waals surface area contributed by atoms with Gasteiger partial charge in [-0.25, -0.2) is 13.9 Å². The van der Waals surface area contributed by atoms with E-state index in [0.29, 0.717) is 16.1 Å². The molecule has 4 rings (SSSR count). The van der Waals surface area contributed by atoms with Crippen molar-refractivity contribution >= 4 is 40.0 Å². The molecule has 2 aromatic carbocycles. The third-order valence-corrected chi connectivity index (χ3v) is 5.86. The zero-order valence-corrected chi connectivity index (χ0v) is 19.1. The maximum Gasteiger partial charge on any atom is 0.352 e. The van der Waals surface area contributed by atoms with E-state index >= 15 is 0 Å². The van der Waals surface area contributed by atoms with Crippen molar-refractivity contribution in [1.29, 1.82) is 0 Å². The quantitative estimate of drug-likeness (QED) is 0.438. The van der Waals surface area contributed by atoms with Crippen LogP contribution in [-0.2, 0) is 13.6 Å². The van der Waals surface area contributed by atoms with Crippen LogP contribution in [0.15, 0.2) is 52.1 Å². The summed E-state index contributed by atoms with van der Waals surface area (Å²) in [5, 5.41) is 7.84. The van der Waals surface area contributed by atoms with Crippen LogP contribution in [0.2, 0.25) is 5.02 Å². The minimum absolute atomic E-state index is 0.0267. The number of nitrogens with zero attached hydrogens (tertiary/aromatic N) is 4. The third-order valence-electron chi connectivity index (χ3n) is 5.61. The first-order valence-electron chi connectivity index (χ1n) is 10.4. The lowest BCUT2D eigenvalue weighted by Crippen LogP contribution is -2.32. The van der Waals surface area contributed by atoms with Gasteiger partial charge in [-0.1, -0.05) is 18.5 Å². The fourth-order valence-electron chi connectivity index (χ4n) is 3.51. The molecule has 0 aliphatic rings. The van der Waals surface area contributed by atoms with Crippen molar-refractivity contribution in [2.24, 2.45) is 7.05 Å². The number of rotatable bonds is 6. The van der Waals surface area contributed by atoms with Crippen LogP contribution in [-0.4, -0.2) is 36.5 Å². The van der Waals surface area contributed by atoms with E-state index in [2.05, 4.69) is 10.4 Å². The topological polar surface area (TPSA) is 107 Å². The zero-order chi connectivity index (χ0) is 23.9. The van der Waals surface area contributed by atoms with E-state index in [1.54, 1.807) is 30.3 Å². The average Bonchev–Trinajstić information content (AvgIpc) is 3.13. The highest BCUT2D eigenvalue weighted by Crippen LogP contribution is 2.15. The molecule has 2 aromatic heterocycles. The Morgan fingerprint density at radius 3 is 2.42 bits per heavy atom. The molecule has 9 nitrogen and oxygen atoms in total. The molecule has 1 unspecified atom stereocenters. The summed E-state index contributed by atoms with van der Waals surface area (Å²) in [6.45, 7) is 3.53. The molecular weight excluding hydrogens is 446 g/mol. The van der Waals surface area contributed by atoms with Gasteiger partial charge in [0, 0.05) is 29.2 Å². The Bertz CT molecular complexity index is 1510. The second kappa shape index (κ2) is 8.67. The number of nitrogens with one attached hydrogen (secondary N) is 1. The van der Waals surface area contributed by atoms with Crippen LogP contribution in [0, 0.1) is 0 Å². The van der Waals surface area contributed by atoms with Gasteiger partial charge in [0.25, 0.3) is 11.5 Å². The van der Waals surface area contributed by atoms with Crippen LogP contribution in [0.4, 0.5) is 0 Å². The van der Waals surface area contributed by atoms with E-state index in [1.807, 2.05) is 13.8 Å². The number of Topliss-reactive ketones (excluding diaryl/α,β-unsaturated/α-hetero) is 1. The van der Waals surface area contributed by atoms with E-state index in [1.165, 1.54) is 28.1 Å². The van der Waals surface area contributed by atoms with Crippen molar-refractivity contribution in [3.05, 3.63) is 79.5 Å². The minimum Gasteiger partial charge on any atom is -0.350 e. The van der Waals surface area contributed by atoms with E-state index in [9.17, 15) is 19.2 Å². The van der Waals surface area contributed by atoms with Gasteiger partial charge in [0.05, 0.1) is 10.9 Å². The highest BCUT2D eigenvalue weighted by molar-refractivity contribution is 6.30. The number of ketones is 1. The monoisotopic (exact) mass is 467 g/mol. The number of aromatic nitrogens is 4. The van der Waals surface area contributed by atoms with E-state index < -0.39 is 5.69 Å². The van der Waals surface area contributed by atoms with Crippen molar-refractivity contribution in [2.75, 3.05) is 0 Å². The molecule has 1 N–H and O–H groups in total. The maximum absolute atomic E-state index is 13.2. The second-order valence-electron chi connectivity index (χ2n) is 7.88. The largest absolute Gasteiger partial charge is 0.352 e. The Balaban J connectivity index is 1.84. The zero-order valence-electron chi connectivity index (χ0n) is 18.3. The smallest absolute Gasteiger partial charge is 0.350 e. The standard InChI is InChI=1S/C23H22ClN5O4/c1-4-13(2)25-20(31)15-7-10-17-18(11-15)29-22(27(3)21(17)32)26-28(23(29)33)12-19(30)14-5-8-16(24)9-6-14/h5-11,13H,4,12H2,1-3H3,(H,25,31). The number of hydrogen-bond donors (Lipinski definition) is 1. The molecule has 1 amide bonds. The van der Waals surface area contributed by atoms with Crippen molar-refractivity contribution < 1.29 is 9.59 Å². The fourth-order valence-corrected chi connectivity index (χ4v) is 3.64. The minimum atomic E-state index is -0.590. The molecule has 0 spiro atoms. The van der Waals surface area contributed by atoms with Crippen LogP contribution in [0.1, 0.15) is 41.0 Å². The summed E-state index contributed by atoms with van der Waals surface area (Å²) in [4.78, 5) is 51.3. The van der Waals surface area contributed by atoms with Gasteiger partial charge in [0.1, 0.15) is 6.54 Å². The lowest BCUT2D eigenvalue weighted by molar-refractivity contribution is 0.0937. The first kappa shape index (κ1) is 22.5. The summed E-state index contributed by atoms with van der Waals surface area (Å²) in [5.41, 5.74) is -0.0135. The van der Waals surface area contributed by atoms with Gasteiger partial charge in [0.2, 0.25) is 5.78 Å². The second-order valence-corrected chi connectivity index (χ2v) is 8.32. The van der Waals surface area contributed by atoms with Gasteiger partial charge in [-0.3, -0.25) is 19.0 Å². The molecule has 0 aliphatic carbocycles. The number of benzene rings is 2. The molecule has 170 valence electrons. The Hall–Kier alpha value is -3.72. The summed E-state index contributed by atoms with van der Waals surface area (Å²) in [6.07, 6.45) is 0.762. The third kappa shape index (κ3) is 4.07. The molecule has 0 saturated carbocycles. The molecule has 4 aromatic rings. The van der Waals surface area contributed by atoms with Gasteiger partial charge in [0.15, 0.2) is 5.78 Å². The molecule has 0 aliphatic heterocycles. The predicted molar refractivity (Wildman–Crippen MR) is 125 cm³/mol. The Labute approximate surface area is 193 Å². The molecule has 0 saturated heterocycles. The van der Waals surface area contributed by atoms with Crippen LogP contribution >= 0.6 is 11.6 Å². The summed E-state index contributed by atoms with van der Waals surface area (Å²) in [6, 6.07) is 10.8. The molecular formula is C23H22ClN5O4. The predicted octanol–water partition coefficient (Wildman–Crippen LogP) is 2.41. The summed E-state index contributed by atoms with van der Waals surface area (Å²) >= 11 is 5.87. The van der Waals surface area contributed by atoms with E-state index in [-0.39, 0.29) is 46.5 Å². The Morgan fingerprint density at radius 2 is 1.76 bits per heavy atom. The van der Waals surface area contributed by atoms with Crippen LogP contribution in [0.25, 0.3) is 16.7 Å². The number of amides is 1. The van der Waals surface area contributed by atoms with Gasteiger partial charge in [-0.15, -0.1) is 5.10 Å². The summed E-state index contributed by atoms with van der Waals surface area (Å²) in [5.74, 6) is -0.570. The molecule has 33 heavy (non-hydrogen) atoms. The summed E-state index contributed by atoms with van der Waals surface area (Å²) < 4.78 is 3.49. The molecule has 0 fully saturated rings. The highest BCUT2D eigenvalue weighted by Gasteiger charge is 2.19. The van der Waals surface area contributed by atoms with Crippen molar-refractivity contribution in [1.82, 2.24) is 24.1 Å². The first-order chi connectivity index (χ1) is 15.7. The summed E-state index contributed by atoms with van der Waals surface area (Å²) in [7, 11) is 1.50. The molecule has 0 radical (unpaired) electrons. The van der Waals surface area contributed by atoms with Gasteiger partial charge >= 0.3 is 5.69 Å². The molecule has 0 bridgehead atoms. The number of fused-ring (bicyclic) bond motifs is 3. The lowest BCUT2D eigenvalue weighted by atomic mass is 10.1. The normalized spacial score (nSPS) is 12.2. The molecule has 2 heterocycles. The van der Waals surface area contributed by atoms with Crippen LogP contribution in [0.5, 0.6) is 0 Å². The number of aryl methyl sites for hydroxylation is 1. The highest BCUT2D eigenvalue weighted by atomic mass is 35.5. The maximum atomic E-state index is 13.2. The van der Waals surface area contributed by atoms with E-state index in [0.717, 1.165) is 11.1 Å². The Kier molecular flexibility index (Phi) is 5.90. The number of carbonyl (C=O) groups excluding carboxylic acids is 2. The average molecular weight is 468 g/mol. The van der Waals surface area contributed by atoms with Crippen molar-refractivity contribution in [3.63, 3.8) is 0 Å². The molecule has 1 atom stereocenters. The first-order valence-corrected chi connectivity index (χ1v) is 10.8. The fraction of sp³-hybridized carbons (Fsp3) is 0.261. The van der Waals surface area contributed by atoms with Crippen molar-refractivity contribution in [2.45, 2.75) is 32.9 Å². The van der Waals surface area contributed by atoms with Gasteiger partial charge in [-0.2, -0.15) is 0 Å². The van der Waals surface area contributed by atoms with Gasteiger partial charge < -0.3 is 5.32 Å². The van der Waals surface area contributed by atoms with E-state index in [4.69, 9.17) is 11.6 Å². The van der Waals surface area contributed by atoms with Crippen molar-refractivity contribution in [3.8, 4) is 0 Å². The lowest BCUT2D eigenvalue weighted by Gasteiger charge is -2.12.